The Morgan fingerprint density at radius 2 is 1.96 bits per heavy atom. The second kappa shape index (κ2) is 7.91. The highest BCUT2D eigenvalue weighted by atomic mass is 16.5. The normalized spacial score (nSPS) is 10.2. The zero-order valence-corrected chi connectivity index (χ0v) is 13.0. The van der Waals surface area contributed by atoms with Crippen LogP contribution in [0.15, 0.2) is 35.1 Å². The summed E-state index contributed by atoms with van der Waals surface area (Å²) in [5.41, 5.74) is 0.0852. The summed E-state index contributed by atoms with van der Waals surface area (Å²) in [5.74, 6) is -1.62. The standard InChI is InChI=1S/C16H17N3O5/c1-2-7-17-16(23)19-14(21)9-24-15(22)12-8-13(20)10-5-3-4-6-11(10)18-12/h3-6,8H,2,7,9H2,1H3,(H,18,20)(H2,17,19,21,23). The zero-order chi connectivity index (χ0) is 17.5. The first-order chi connectivity index (χ1) is 11.5. The Kier molecular flexibility index (Phi) is 5.67. The summed E-state index contributed by atoms with van der Waals surface area (Å²) in [6.45, 7) is 1.67. The minimum absolute atomic E-state index is 0.0677. The van der Waals surface area contributed by atoms with Crippen molar-refractivity contribution in [2.75, 3.05) is 13.2 Å². The van der Waals surface area contributed by atoms with E-state index in [1.807, 2.05) is 12.2 Å². The molecule has 0 saturated carbocycles. The number of pyridine rings is 1. The van der Waals surface area contributed by atoms with Crippen LogP contribution in [0.25, 0.3) is 10.9 Å². The molecule has 2 rings (SSSR count). The van der Waals surface area contributed by atoms with Crippen molar-refractivity contribution in [3.8, 4) is 0 Å². The lowest BCUT2D eigenvalue weighted by Crippen LogP contribution is -2.41. The predicted molar refractivity (Wildman–Crippen MR) is 86.7 cm³/mol. The van der Waals surface area contributed by atoms with E-state index in [9.17, 15) is 19.2 Å². The fourth-order valence-corrected chi connectivity index (χ4v) is 1.96. The van der Waals surface area contributed by atoms with Gasteiger partial charge in [0.2, 0.25) is 0 Å². The molecule has 8 heteroatoms. The first kappa shape index (κ1) is 17.2. The van der Waals surface area contributed by atoms with Gasteiger partial charge in [-0.25, -0.2) is 9.59 Å². The van der Waals surface area contributed by atoms with E-state index in [0.717, 1.165) is 12.5 Å². The first-order valence-electron chi connectivity index (χ1n) is 7.38. The van der Waals surface area contributed by atoms with E-state index in [1.165, 1.54) is 0 Å². The molecular formula is C16H17N3O5. The van der Waals surface area contributed by atoms with Crippen LogP contribution in [-0.2, 0) is 9.53 Å². The van der Waals surface area contributed by atoms with Crippen molar-refractivity contribution in [2.24, 2.45) is 0 Å². The van der Waals surface area contributed by atoms with Gasteiger partial charge in [0.1, 0.15) is 5.69 Å². The number of benzene rings is 1. The number of imide groups is 1. The predicted octanol–water partition coefficient (Wildman–Crippen LogP) is 0.921. The van der Waals surface area contributed by atoms with Crippen molar-refractivity contribution in [3.63, 3.8) is 0 Å². The van der Waals surface area contributed by atoms with Gasteiger partial charge in [-0.05, 0) is 18.6 Å². The van der Waals surface area contributed by atoms with E-state index < -0.39 is 24.5 Å². The zero-order valence-electron chi connectivity index (χ0n) is 13.0. The Morgan fingerprint density at radius 1 is 1.21 bits per heavy atom. The van der Waals surface area contributed by atoms with E-state index in [-0.39, 0.29) is 11.1 Å². The lowest BCUT2D eigenvalue weighted by atomic mass is 10.2. The van der Waals surface area contributed by atoms with Crippen LogP contribution in [0.1, 0.15) is 23.8 Å². The molecule has 1 heterocycles. The number of hydrogen-bond donors (Lipinski definition) is 3. The first-order valence-corrected chi connectivity index (χ1v) is 7.38. The molecule has 3 N–H and O–H groups in total. The van der Waals surface area contributed by atoms with Crippen molar-refractivity contribution in [2.45, 2.75) is 13.3 Å². The molecular weight excluding hydrogens is 314 g/mol. The summed E-state index contributed by atoms with van der Waals surface area (Å²) >= 11 is 0. The molecule has 0 unspecified atom stereocenters. The van der Waals surface area contributed by atoms with Crippen LogP contribution in [0.2, 0.25) is 0 Å². The Bertz CT molecular complexity index is 828. The number of nitrogens with one attached hydrogen (secondary N) is 3. The fraction of sp³-hybridized carbons (Fsp3) is 0.250. The maximum Gasteiger partial charge on any atom is 0.355 e. The average molecular weight is 331 g/mol. The summed E-state index contributed by atoms with van der Waals surface area (Å²) in [6.07, 6.45) is 0.728. The smallest absolute Gasteiger partial charge is 0.355 e. The van der Waals surface area contributed by atoms with Gasteiger partial charge in [-0.15, -0.1) is 0 Å². The number of amides is 3. The number of fused-ring (bicyclic) bond motifs is 1. The molecule has 0 aliphatic rings. The van der Waals surface area contributed by atoms with E-state index in [2.05, 4.69) is 10.3 Å². The SMILES string of the molecule is CCCNC(=O)NC(=O)COC(=O)c1cc(=O)c2ccccc2[nH]1. The van der Waals surface area contributed by atoms with Crippen LogP contribution in [0.3, 0.4) is 0 Å². The molecule has 0 radical (unpaired) electrons. The van der Waals surface area contributed by atoms with Crippen molar-refractivity contribution >= 4 is 28.8 Å². The molecule has 0 fully saturated rings. The van der Waals surface area contributed by atoms with E-state index in [4.69, 9.17) is 4.74 Å². The van der Waals surface area contributed by atoms with Crippen LogP contribution in [0.4, 0.5) is 4.79 Å². The molecule has 2 aromatic rings. The molecule has 3 amide bonds. The van der Waals surface area contributed by atoms with Gasteiger partial charge >= 0.3 is 12.0 Å². The molecule has 24 heavy (non-hydrogen) atoms. The highest BCUT2D eigenvalue weighted by Crippen LogP contribution is 2.07. The second-order valence-electron chi connectivity index (χ2n) is 4.97. The lowest BCUT2D eigenvalue weighted by molar-refractivity contribution is -0.123. The van der Waals surface area contributed by atoms with Crippen LogP contribution in [0, 0.1) is 0 Å². The van der Waals surface area contributed by atoms with Gasteiger partial charge in [-0.1, -0.05) is 19.1 Å². The number of para-hydroxylation sites is 1. The van der Waals surface area contributed by atoms with Crippen LogP contribution in [0.5, 0.6) is 0 Å². The topological polar surface area (TPSA) is 117 Å². The number of H-pyrrole nitrogens is 1. The molecule has 0 bridgehead atoms. The summed E-state index contributed by atoms with van der Waals surface area (Å²) in [5, 5.41) is 4.92. The molecule has 0 spiro atoms. The monoisotopic (exact) mass is 331 g/mol. The van der Waals surface area contributed by atoms with Crippen LogP contribution < -0.4 is 16.1 Å². The third-order valence-electron chi connectivity index (χ3n) is 3.08. The van der Waals surface area contributed by atoms with Crippen molar-refractivity contribution in [3.05, 3.63) is 46.2 Å². The van der Waals surface area contributed by atoms with Crippen molar-refractivity contribution in [1.29, 1.82) is 0 Å². The van der Waals surface area contributed by atoms with Gasteiger partial charge in [-0.2, -0.15) is 0 Å². The molecule has 1 aromatic heterocycles. The number of ether oxygens (including phenoxy) is 1. The van der Waals surface area contributed by atoms with Crippen LogP contribution in [-0.4, -0.2) is 36.0 Å². The van der Waals surface area contributed by atoms with Gasteiger partial charge in [0.05, 0.1) is 0 Å². The Labute approximate surface area is 137 Å². The maximum absolute atomic E-state index is 11.9. The number of carbonyl (C=O) groups is 3. The third-order valence-corrected chi connectivity index (χ3v) is 3.08. The number of esters is 1. The van der Waals surface area contributed by atoms with Crippen LogP contribution >= 0.6 is 0 Å². The number of rotatable bonds is 5. The largest absolute Gasteiger partial charge is 0.451 e. The molecule has 126 valence electrons. The number of aromatic amines is 1. The molecule has 0 aliphatic heterocycles. The molecule has 8 nitrogen and oxygen atoms in total. The highest BCUT2D eigenvalue weighted by Gasteiger charge is 2.14. The molecule has 0 aliphatic carbocycles. The summed E-state index contributed by atoms with van der Waals surface area (Å²) in [7, 11) is 0. The van der Waals surface area contributed by atoms with E-state index >= 15 is 0 Å². The van der Waals surface area contributed by atoms with E-state index in [0.29, 0.717) is 17.4 Å². The van der Waals surface area contributed by atoms with Gasteiger partial charge in [0.15, 0.2) is 12.0 Å². The molecule has 1 aromatic carbocycles. The average Bonchev–Trinajstić information content (AvgIpc) is 2.57. The van der Waals surface area contributed by atoms with Gasteiger partial charge in [-0.3, -0.25) is 14.9 Å². The van der Waals surface area contributed by atoms with Gasteiger partial charge < -0.3 is 15.0 Å². The van der Waals surface area contributed by atoms with Gasteiger partial charge in [0.25, 0.3) is 5.91 Å². The number of hydrogen-bond acceptors (Lipinski definition) is 5. The number of carbonyl (C=O) groups excluding carboxylic acids is 3. The summed E-state index contributed by atoms with van der Waals surface area (Å²) < 4.78 is 4.80. The number of urea groups is 1. The molecule has 0 atom stereocenters. The summed E-state index contributed by atoms with van der Waals surface area (Å²) in [6, 6.07) is 7.16. The quantitative estimate of drug-likeness (QED) is 0.704. The fourth-order valence-electron chi connectivity index (χ4n) is 1.96. The Morgan fingerprint density at radius 3 is 2.71 bits per heavy atom. The van der Waals surface area contributed by atoms with Gasteiger partial charge in [0, 0.05) is 23.5 Å². The van der Waals surface area contributed by atoms with Crippen molar-refractivity contribution < 1.29 is 19.1 Å². The second-order valence-corrected chi connectivity index (χ2v) is 4.97. The molecule has 0 saturated heterocycles. The maximum atomic E-state index is 11.9. The minimum atomic E-state index is -0.859. The lowest BCUT2D eigenvalue weighted by Gasteiger charge is -2.07. The Balaban J connectivity index is 1.96. The minimum Gasteiger partial charge on any atom is -0.451 e. The Hall–Kier alpha value is -3.16. The van der Waals surface area contributed by atoms with Crippen molar-refractivity contribution in [1.82, 2.24) is 15.6 Å². The highest BCUT2D eigenvalue weighted by molar-refractivity contribution is 5.97. The number of aromatic nitrogens is 1. The summed E-state index contributed by atoms with van der Waals surface area (Å²) in [4.78, 5) is 49.4. The van der Waals surface area contributed by atoms with E-state index in [1.54, 1.807) is 24.3 Å². The third kappa shape index (κ3) is 4.42.